The summed E-state index contributed by atoms with van der Waals surface area (Å²) in [6.45, 7) is 0. The van der Waals surface area contributed by atoms with Crippen LogP contribution in [-0.2, 0) is 0 Å². The fraction of sp³-hybridized carbons (Fsp3) is 1.00. The molecular weight excluding hydrogens is 457 g/mol. The molecule has 13 fully saturated rings. The fourth-order valence-corrected chi connectivity index (χ4v) is 22.6. The summed E-state index contributed by atoms with van der Waals surface area (Å²) in [5.41, 5.74) is 0. The van der Waals surface area contributed by atoms with Gasteiger partial charge in [0.15, 0.2) is 0 Å². The molecule has 13 rings (SSSR count). The second kappa shape index (κ2) is 6.36. The van der Waals surface area contributed by atoms with Crippen LogP contribution in [0.5, 0.6) is 0 Å². The van der Waals surface area contributed by atoms with Crippen molar-refractivity contribution < 1.29 is 0 Å². The molecule has 0 aromatic carbocycles. The van der Waals surface area contributed by atoms with Gasteiger partial charge < -0.3 is 0 Å². The average molecular weight is 499 g/mol. The first kappa shape index (κ1) is 20.1. The lowest BCUT2D eigenvalue weighted by Crippen LogP contribution is -2.68. The minimum absolute atomic E-state index is 0.628. The first-order valence-electron chi connectivity index (χ1n) is 15.2. The van der Waals surface area contributed by atoms with Gasteiger partial charge in [0.2, 0.25) is 0 Å². The summed E-state index contributed by atoms with van der Waals surface area (Å²) in [6.07, 6.45) is 24.4. The third kappa shape index (κ3) is 2.41. The van der Waals surface area contributed by atoms with E-state index in [-0.39, 0.29) is 0 Å². The van der Waals surface area contributed by atoms with Gasteiger partial charge in [0.1, 0.15) is 0 Å². The Morgan fingerprint density at radius 2 is 0.455 bits per heavy atom. The quantitative estimate of drug-likeness (QED) is 0.328. The predicted molar refractivity (Wildman–Crippen MR) is 142 cm³/mol. The molecule has 1 saturated heterocycles. The average Bonchev–Trinajstić information content (AvgIpc) is 2.78. The van der Waals surface area contributed by atoms with Gasteiger partial charge in [-0.3, -0.25) is 0 Å². The molecule has 0 aromatic rings. The van der Waals surface area contributed by atoms with E-state index in [4.69, 9.17) is 0 Å². The molecule has 0 nitrogen and oxygen atoms in total. The van der Waals surface area contributed by atoms with Crippen LogP contribution in [0.25, 0.3) is 0 Å². The van der Waals surface area contributed by atoms with Crippen molar-refractivity contribution in [2.24, 2.45) is 71.0 Å². The maximum atomic E-state index is 2.75. The first-order valence-corrected chi connectivity index (χ1v) is 17.7. The van der Waals surface area contributed by atoms with Crippen molar-refractivity contribution in [3.05, 3.63) is 0 Å². The standard InChI is InChI=1S/C30H42S3/c1-16-4-22-6-17(1)7-23(5-16)28(22)31-29(24-8-18-2-19(10-24)11-25(29)9-18)33-30(32-28)26-12-20-3-21(14-26)15-27(30)13-20/h16-27H,1-15H2. The monoisotopic (exact) mass is 498 g/mol. The minimum Gasteiger partial charge on any atom is -0.125 e. The van der Waals surface area contributed by atoms with Crippen LogP contribution in [-0.4, -0.2) is 12.2 Å². The van der Waals surface area contributed by atoms with Crippen LogP contribution in [0.1, 0.15) is 96.3 Å². The summed E-state index contributed by atoms with van der Waals surface area (Å²) in [5.74, 6) is 13.2. The molecule has 12 aliphatic carbocycles. The highest BCUT2D eigenvalue weighted by Crippen LogP contribution is 2.85. The molecule has 1 heterocycles. The van der Waals surface area contributed by atoms with Gasteiger partial charge in [-0.2, -0.15) is 0 Å². The van der Waals surface area contributed by atoms with Gasteiger partial charge >= 0.3 is 0 Å². The van der Waals surface area contributed by atoms with Gasteiger partial charge in [-0.15, -0.1) is 35.3 Å². The molecule has 13 aliphatic rings. The number of hydrogen-bond acceptors (Lipinski definition) is 3. The number of rotatable bonds is 0. The molecule has 0 radical (unpaired) electrons. The SMILES string of the molecule is C1C2CC3CC1CC(C2)C31SC2(SC3(S1)C1CC4CC(C1)CC3C4)C1CC3CC(C1)CC2C3. The molecule has 3 spiro atoms. The molecule has 12 saturated carbocycles. The van der Waals surface area contributed by atoms with Crippen molar-refractivity contribution in [2.45, 2.75) is 109 Å². The van der Waals surface area contributed by atoms with E-state index in [0.29, 0.717) is 12.2 Å². The summed E-state index contributed by atoms with van der Waals surface area (Å²) in [7, 11) is 0. The normalized spacial score (nSPS) is 69.8. The maximum absolute atomic E-state index is 2.75. The molecule has 0 amide bonds. The van der Waals surface area contributed by atoms with Gasteiger partial charge in [0.05, 0.1) is 12.2 Å². The zero-order valence-corrected chi connectivity index (χ0v) is 22.7. The van der Waals surface area contributed by atoms with E-state index >= 15 is 0 Å². The molecule has 0 atom stereocenters. The van der Waals surface area contributed by atoms with Gasteiger partial charge in [0.25, 0.3) is 0 Å². The van der Waals surface area contributed by atoms with Crippen LogP contribution < -0.4 is 0 Å². The van der Waals surface area contributed by atoms with Crippen molar-refractivity contribution in [3.8, 4) is 0 Å². The van der Waals surface area contributed by atoms with Crippen LogP contribution in [0.3, 0.4) is 0 Å². The van der Waals surface area contributed by atoms with Crippen LogP contribution >= 0.6 is 35.3 Å². The fourth-order valence-electron chi connectivity index (χ4n) is 13.3. The van der Waals surface area contributed by atoms with E-state index in [0.717, 1.165) is 71.0 Å². The summed E-state index contributed by atoms with van der Waals surface area (Å²) in [5, 5.41) is 0. The van der Waals surface area contributed by atoms with Crippen LogP contribution in [0.15, 0.2) is 0 Å². The molecule has 0 unspecified atom stereocenters. The third-order valence-corrected chi connectivity index (χ3v) is 21.2. The van der Waals surface area contributed by atoms with E-state index < -0.39 is 0 Å². The molecule has 180 valence electrons. The molecule has 12 bridgehead atoms. The zero-order valence-electron chi connectivity index (χ0n) is 20.3. The smallest absolute Gasteiger partial charge is 0.0695 e. The van der Waals surface area contributed by atoms with Gasteiger partial charge in [-0.05, 0) is 167 Å². The van der Waals surface area contributed by atoms with E-state index in [1.165, 1.54) is 0 Å². The van der Waals surface area contributed by atoms with Crippen molar-refractivity contribution in [1.29, 1.82) is 0 Å². The Balaban J connectivity index is 1.15. The lowest BCUT2D eigenvalue weighted by atomic mass is 9.55. The Labute approximate surface area is 214 Å². The Hall–Kier alpha value is 1.05. The largest absolute Gasteiger partial charge is 0.125 e. The first-order chi connectivity index (χ1) is 16.1. The number of thioether (sulfide) groups is 3. The Morgan fingerprint density at radius 3 is 0.636 bits per heavy atom. The van der Waals surface area contributed by atoms with Crippen LogP contribution in [0, 0.1) is 71.0 Å². The Kier molecular flexibility index (Phi) is 3.87. The van der Waals surface area contributed by atoms with E-state index in [1.54, 1.807) is 96.3 Å². The summed E-state index contributed by atoms with van der Waals surface area (Å²) < 4.78 is 1.89. The lowest BCUT2D eigenvalue weighted by Gasteiger charge is -2.75. The lowest BCUT2D eigenvalue weighted by molar-refractivity contribution is -0.00829. The second-order valence-electron chi connectivity index (χ2n) is 15.4. The van der Waals surface area contributed by atoms with Crippen LogP contribution in [0.4, 0.5) is 0 Å². The molecule has 1 aliphatic heterocycles. The maximum Gasteiger partial charge on any atom is 0.0695 e. The molecule has 0 aromatic heterocycles. The highest BCUT2D eigenvalue weighted by molar-refractivity contribution is 8.36. The van der Waals surface area contributed by atoms with Crippen LogP contribution in [0.2, 0.25) is 0 Å². The number of hydrogen-bond donors (Lipinski definition) is 0. The van der Waals surface area contributed by atoms with Gasteiger partial charge in [0, 0.05) is 0 Å². The summed E-state index contributed by atoms with van der Waals surface area (Å²) in [4.78, 5) is 0. The summed E-state index contributed by atoms with van der Waals surface area (Å²) in [6, 6.07) is 0. The minimum atomic E-state index is 0.628. The third-order valence-electron chi connectivity index (χ3n) is 13.8. The van der Waals surface area contributed by atoms with Crippen molar-refractivity contribution in [3.63, 3.8) is 0 Å². The highest BCUT2D eigenvalue weighted by Gasteiger charge is 2.74. The molecular formula is C30H42S3. The topological polar surface area (TPSA) is 0 Å². The van der Waals surface area contributed by atoms with Gasteiger partial charge in [-0.25, -0.2) is 0 Å². The van der Waals surface area contributed by atoms with Gasteiger partial charge in [-0.1, -0.05) is 0 Å². The Morgan fingerprint density at radius 1 is 0.273 bits per heavy atom. The molecule has 0 N–H and O–H groups in total. The van der Waals surface area contributed by atoms with Crippen molar-refractivity contribution in [1.82, 2.24) is 0 Å². The van der Waals surface area contributed by atoms with E-state index in [9.17, 15) is 0 Å². The highest BCUT2D eigenvalue weighted by atomic mass is 32.3. The van der Waals surface area contributed by atoms with Crippen molar-refractivity contribution >= 4 is 35.3 Å². The molecule has 3 heteroatoms. The second-order valence-corrected chi connectivity index (χ2v) is 20.8. The zero-order chi connectivity index (χ0) is 21.2. The predicted octanol–water partition coefficient (Wildman–Crippen LogP) is 8.66. The van der Waals surface area contributed by atoms with Crippen molar-refractivity contribution in [2.75, 3.05) is 0 Å². The molecule has 33 heavy (non-hydrogen) atoms. The van der Waals surface area contributed by atoms with E-state index in [1.807, 2.05) is 0 Å². The Bertz CT molecular complexity index is 681. The summed E-state index contributed by atoms with van der Waals surface area (Å²) >= 11 is 8.25. The van der Waals surface area contributed by atoms with E-state index in [2.05, 4.69) is 35.3 Å².